The van der Waals surface area contributed by atoms with Gasteiger partial charge in [0.1, 0.15) is 11.6 Å². The smallest absolute Gasteiger partial charge is 0.127 e. The lowest BCUT2D eigenvalue weighted by molar-refractivity contribution is 0.164. The fourth-order valence-corrected chi connectivity index (χ4v) is 1.17. The number of hydrogen-bond donors (Lipinski definition) is 2. The molecule has 1 aromatic carbocycles. The van der Waals surface area contributed by atoms with E-state index in [4.69, 9.17) is 10.5 Å². The van der Waals surface area contributed by atoms with Gasteiger partial charge in [-0.3, -0.25) is 0 Å². The Morgan fingerprint density at radius 1 is 1.43 bits per heavy atom. The maximum absolute atomic E-state index is 13.0. The first-order valence-electron chi connectivity index (χ1n) is 4.32. The monoisotopic (exact) mass is 199 g/mol. The summed E-state index contributed by atoms with van der Waals surface area (Å²) < 4.78 is 17.9. The highest BCUT2D eigenvalue weighted by Crippen LogP contribution is 2.21. The van der Waals surface area contributed by atoms with Crippen LogP contribution >= 0.6 is 0 Å². The van der Waals surface area contributed by atoms with E-state index in [0.29, 0.717) is 11.3 Å². The summed E-state index contributed by atoms with van der Waals surface area (Å²) in [5, 5.41) is 9.24. The summed E-state index contributed by atoms with van der Waals surface area (Å²) in [7, 11) is 1.45. The van der Waals surface area contributed by atoms with Gasteiger partial charge in [-0.2, -0.15) is 0 Å². The number of ether oxygens (including phenoxy) is 1. The molecule has 0 fully saturated rings. The molecule has 3 N–H and O–H groups in total. The van der Waals surface area contributed by atoms with Crippen molar-refractivity contribution in [2.24, 2.45) is 5.73 Å². The molecule has 0 aliphatic heterocycles. The van der Waals surface area contributed by atoms with Crippen molar-refractivity contribution in [1.29, 1.82) is 0 Å². The first-order chi connectivity index (χ1) is 6.54. The van der Waals surface area contributed by atoms with E-state index >= 15 is 0 Å². The molecule has 0 heterocycles. The Balaban J connectivity index is 3.02. The summed E-state index contributed by atoms with van der Waals surface area (Å²) in [5.74, 6) is -0.0217. The molecule has 3 nitrogen and oxygen atoms in total. The van der Waals surface area contributed by atoms with Crippen LogP contribution in [0.1, 0.15) is 18.5 Å². The van der Waals surface area contributed by atoms with Crippen LogP contribution in [0.15, 0.2) is 18.2 Å². The average molecular weight is 199 g/mol. The average Bonchev–Trinajstić information content (AvgIpc) is 2.15. The van der Waals surface area contributed by atoms with Crippen LogP contribution in [-0.4, -0.2) is 18.3 Å². The second-order valence-electron chi connectivity index (χ2n) is 3.19. The molecule has 0 amide bonds. The van der Waals surface area contributed by atoms with Gasteiger partial charge >= 0.3 is 0 Å². The van der Waals surface area contributed by atoms with Crippen LogP contribution in [-0.2, 0) is 0 Å². The topological polar surface area (TPSA) is 55.5 Å². The normalized spacial score (nSPS) is 14.9. The molecule has 0 aliphatic rings. The molecule has 0 aromatic heterocycles. The lowest BCUT2D eigenvalue weighted by Gasteiger charge is -2.15. The maximum atomic E-state index is 13.0. The Labute approximate surface area is 82.3 Å². The zero-order valence-corrected chi connectivity index (χ0v) is 8.20. The largest absolute Gasteiger partial charge is 0.497 e. The SMILES string of the molecule is COc1cc(F)cc(C(N)C(C)O)c1. The zero-order valence-electron chi connectivity index (χ0n) is 8.20. The van der Waals surface area contributed by atoms with E-state index in [-0.39, 0.29) is 0 Å². The minimum atomic E-state index is -0.721. The Morgan fingerprint density at radius 3 is 2.57 bits per heavy atom. The van der Waals surface area contributed by atoms with E-state index in [1.807, 2.05) is 0 Å². The highest BCUT2D eigenvalue weighted by Gasteiger charge is 2.13. The fraction of sp³-hybridized carbons (Fsp3) is 0.400. The molecule has 1 rings (SSSR count). The Kier molecular flexibility index (Phi) is 3.43. The first-order valence-corrected chi connectivity index (χ1v) is 4.32. The number of benzene rings is 1. The van der Waals surface area contributed by atoms with E-state index in [1.54, 1.807) is 13.0 Å². The van der Waals surface area contributed by atoms with Crippen LogP contribution in [0.5, 0.6) is 5.75 Å². The zero-order chi connectivity index (χ0) is 10.7. The second-order valence-corrected chi connectivity index (χ2v) is 3.19. The first kappa shape index (κ1) is 10.9. The van der Waals surface area contributed by atoms with Gasteiger partial charge in [-0.15, -0.1) is 0 Å². The fourth-order valence-electron chi connectivity index (χ4n) is 1.17. The van der Waals surface area contributed by atoms with Gasteiger partial charge in [-0.05, 0) is 24.6 Å². The highest BCUT2D eigenvalue weighted by molar-refractivity contribution is 5.31. The van der Waals surface area contributed by atoms with E-state index in [9.17, 15) is 9.50 Å². The Morgan fingerprint density at radius 2 is 2.07 bits per heavy atom. The summed E-state index contributed by atoms with van der Waals surface area (Å²) in [4.78, 5) is 0. The highest BCUT2D eigenvalue weighted by atomic mass is 19.1. The molecule has 4 heteroatoms. The molecule has 2 atom stereocenters. The Bertz CT molecular complexity index is 315. The summed E-state index contributed by atoms with van der Waals surface area (Å²) in [6, 6.07) is 3.57. The van der Waals surface area contributed by atoms with E-state index < -0.39 is 18.0 Å². The van der Waals surface area contributed by atoms with Crippen molar-refractivity contribution < 1.29 is 14.2 Å². The Hall–Kier alpha value is -1.13. The van der Waals surface area contributed by atoms with E-state index in [1.165, 1.54) is 19.2 Å². The summed E-state index contributed by atoms with van der Waals surface area (Å²) >= 11 is 0. The number of rotatable bonds is 3. The van der Waals surface area contributed by atoms with Crippen molar-refractivity contribution in [1.82, 2.24) is 0 Å². The molecular formula is C10H14FNO2. The van der Waals surface area contributed by atoms with Crippen molar-refractivity contribution in [2.75, 3.05) is 7.11 Å². The molecule has 0 saturated heterocycles. The van der Waals surface area contributed by atoms with E-state index in [2.05, 4.69) is 0 Å². The van der Waals surface area contributed by atoms with Gasteiger partial charge in [0.15, 0.2) is 0 Å². The number of methoxy groups -OCH3 is 1. The minimum absolute atomic E-state index is 0.399. The predicted octanol–water partition coefficient (Wildman–Crippen LogP) is 1.21. The summed E-state index contributed by atoms with van der Waals surface area (Å²) in [5.41, 5.74) is 6.18. The molecule has 0 saturated carbocycles. The molecule has 78 valence electrons. The van der Waals surface area contributed by atoms with Crippen LogP contribution in [0.25, 0.3) is 0 Å². The third-order valence-electron chi connectivity index (χ3n) is 2.03. The molecule has 14 heavy (non-hydrogen) atoms. The molecular weight excluding hydrogens is 185 g/mol. The van der Waals surface area contributed by atoms with Gasteiger partial charge in [-0.1, -0.05) is 0 Å². The second kappa shape index (κ2) is 4.39. The molecule has 0 aliphatic carbocycles. The van der Waals surface area contributed by atoms with Crippen molar-refractivity contribution >= 4 is 0 Å². The van der Waals surface area contributed by atoms with Gasteiger partial charge in [0.2, 0.25) is 0 Å². The van der Waals surface area contributed by atoms with Crippen molar-refractivity contribution in [2.45, 2.75) is 19.1 Å². The van der Waals surface area contributed by atoms with Gasteiger partial charge in [0, 0.05) is 6.07 Å². The summed E-state index contributed by atoms with van der Waals surface area (Å²) in [6.07, 6.45) is -0.721. The number of nitrogens with two attached hydrogens (primary N) is 1. The predicted molar refractivity (Wildman–Crippen MR) is 51.6 cm³/mol. The van der Waals surface area contributed by atoms with Gasteiger partial charge < -0.3 is 15.6 Å². The van der Waals surface area contributed by atoms with Crippen molar-refractivity contribution in [3.8, 4) is 5.75 Å². The van der Waals surface area contributed by atoms with Gasteiger partial charge in [0.25, 0.3) is 0 Å². The molecule has 1 aromatic rings. The lowest BCUT2D eigenvalue weighted by Crippen LogP contribution is -2.23. The van der Waals surface area contributed by atoms with Gasteiger partial charge in [0.05, 0.1) is 19.3 Å². The van der Waals surface area contributed by atoms with Crippen LogP contribution < -0.4 is 10.5 Å². The summed E-state index contributed by atoms with van der Waals surface area (Å²) in [6.45, 7) is 1.56. The van der Waals surface area contributed by atoms with Crippen LogP contribution in [0.3, 0.4) is 0 Å². The molecule has 0 radical (unpaired) electrons. The number of aliphatic hydroxyl groups excluding tert-OH is 1. The standard InChI is InChI=1S/C10H14FNO2/c1-6(13)10(12)7-3-8(11)5-9(4-7)14-2/h3-6,10,13H,12H2,1-2H3. The lowest BCUT2D eigenvalue weighted by atomic mass is 10.0. The minimum Gasteiger partial charge on any atom is -0.497 e. The number of halogens is 1. The van der Waals surface area contributed by atoms with Crippen molar-refractivity contribution in [3.63, 3.8) is 0 Å². The maximum Gasteiger partial charge on any atom is 0.127 e. The molecule has 0 spiro atoms. The van der Waals surface area contributed by atoms with Crippen LogP contribution in [0, 0.1) is 5.82 Å². The molecule has 2 unspecified atom stereocenters. The third-order valence-corrected chi connectivity index (χ3v) is 2.03. The van der Waals surface area contributed by atoms with Crippen molar-refractivity contribution in [3.05, 3.63) is 29.6 Å². The quantitative estimate of drug-likeness (QED) is 0.769. The third kappa shape index (κ3) is 2.43. The number of hydrogen-bond acceptors (Lipinski definition) is 3. The van der Waals surface area contributed by atoms with E-state index in [0.717, 1.165) is 0 Å². The van der Waals surface area contributed by atoms with Gasteiger partial charge in [-0.25, -0.2) is 4.39 Å². The number of aliphatic hydroxyl groups is 1. The van der Waals surface area contributed by atoms with Crippen LogP contribution in [0.2, 0.25) is 0 Å². The van der Waals surface area contributed by atoms with Crippen LogP contribution in [0.4, 0.5) is 4.39 Å². The molecule has 0 bridgehead atoms.